The molecule has 0 saturated heterocycles. The van der Waals surface area contributed by atoms with E-state index < -0.39 is 19.0 Å². The predicted molar refractivity (Wildman–Crippen MR) is 73.1 cm³/mol. The van der Waals surface area contributed by atoms with Crippen molar-refractivity contribution in [1.29, 1.82) is 0 Å². The number of nitrogens with two attached hydrogens (primary N) is 1. The minimum atomic E-state index is -3.54. The lowest BCUT2D eigenvalue weighted by Gasteiger charge is -2.24. The van der Waals surface area contributed by atoms with Crippen LogP contribution in [0, 0.1) is 5.92 Å². The van der Waals surface area contributed by atoms with Crippen LogP contribution in [-0.4, -0.2) is 30.2 Å². The van der Waals surface area contributed by atoms with Gasteiger partial charge in [-0.2, -0.15) is 5.10 Å². The van der Waals surface area contributed by atoms with Crippen molar-refractivity contribution in [2.45, 2.75) is 19.5 Å². The molecule has 0 aromatic rings. The number of ketones is 1. The van der Waals surface area contributed by atoms with E-state index in [1.54, 1.807) is 26.4 Å². The lowest BCUT2D eigenvalue weighted by atomic mass is 10.1. The van der Waals surface area contributed by atoms with Crippen LogP contribution in [0.1, 0.15) is 13.8 Å². The van der Waals surface area contributed by atoms with Crippen LogP contribution in [0.15, 0.2) is 5.10 Å². The highest BCUT2D eigenvalue weighted by Crippen LogP contribution is 2.60. The predicted octanol–water partition coefficient (Wildman–Crippen LogP) is 2.31. The van der Waals surface area contributed by atoms with Crippen molar-refractivity contribution >= 4 is 43.7 Å². The Labute approximate surface area is 110 Å². The highest BCUT2D eigenvalue weighted by molar-refractivity contribution is 8.01. The molecule has 0 fully saturated rings. The van der Waals surface area contributed by atoms with Gasteiger partial charge in [-0.15, -0.1) is 0 Å². The van der Waals surface area contributed by atoms with Gasteiger partial charge < -0.3 is 5.84 Å². The summed E-state index contributed by atoms with van der Waals surface area (Å²) in [4.78, 5) is 11.8. The van der Waals surface area contributed by atoms with Crippen molar-refractivity contribution in [3.63, 3.8) is 0 Å². The highest BCUT2D eigenvalue weighted by atomic mass is 32.2. The standard InChI is InChI=1S/C8H17N2O4PS2/c1-6(2)8(7(11)5-10-9)15(12,13-16-3)14-17-4/h5-6,8H,9H2,1-4H3/t8-/m0/s1. The molecule has 1 atom stereocenters. The third-order valence-electron chi connectivity index (χ3n) is 1.82. The summed E-state index contributed by atoms with van der Waals surface area (Å²) in [5.74, 6) is 4.24. The number of nitrogens with zero attached hydrogens (tertiary/aromatic N) is 1. The minimum absolute atomic E-state index is 0.217. The number of hydrogen-bond donors (Lipinski definition) is 1. The fourth-order valence-electron chi connectivity index (χ4n) is 1.31. The molecule has 100 valence electrons. The number of rotatable bonds is 8. The van der Waals surface area contributed by atoms with Gasteiger partial charge in [0.25, 0.3) is 0 Å². The molecule has 6 nitrogen and oxygen atoms in total. The van der Waals surface area contributed by atoms with Gasteiger partial charge in [-0.05, 0) is 30.0 Å². The van der Waals surface area contributed by atoms with Crippen molar-refractivity contribution in [3.8, 4) is 0 Å². The van der Waals surface area contributed by atoms with Crippen molar-refractivity contribution in [1.82, 2.24) is 0 Å². The third kappa shape index (κ3) is 5.01. The van der Waals surface area contributed by atoms with Gasteiger partial charge in [0.2, 0.25) is 0 Å². The Kier molecular flexibility index (Phi) is 8.15. The molecule has 0 aromatic carbocycles. The SMILES string of the molecule is CSOP(=O)(OSC)[C@H](C(=O)C=NN)C(C)C. The molecular formula is C8H17N2O4PS2. The maximum atomic E-state index is 12.5. The quantitative estimate of drug-likeness (QED) is 0.242. The van der Waals surface area contributed by atoms with Gasteiger partial charge >= 0.3 is 7.60 Å². The molecule has 0 saturated carbocycles. The first-order chi connectivity index (χ1) is 7.92. The first kappa shape index (κ1) is 17.0. The van der Waals surface area contributed by atoms with Gasteiger partial charge in [0, 0.05) is 12.5 Å². The van der Waals surface area contributed by atoms with E-state index in [-0.39, 0.29) is 5.92 Å². The molecule has 0 aliphatic rings. The average Bonchev–Trinajstić information content (AvgIpc) is 2.17. The zero-order valence-electron chi connectivity index (χ0n) is 10.2. The van der Waals surface area contributed by atoms with E-state index in [0.717, 1.165) is 30.3 Å². The molecule has 0 rings (SSSR count). The lowest BCUT2D eigenvalue weighted by molar-refractivity contribution is -0.113. The number of hydrazone groups is 1. The Bertz CT molecular complexity index is 315. The first-order valence-electron chi connectivity index (χ1n) is 4.74. The molecule has 0 aliphatic carbocycles. The molecule has 0 unspecified atom stereocenters. The van der Waals surface area contributed by atoms with E-state index in [4.69, 9.17) is 13.8 Å². The van der Waals surface area contributed by atoms with Gasteiger partial charge in [0.05, 0.1) is 6.21 Å². The lowest BCUT2D eigenvalue weighted by Crippen LogP contribution is -2.28. The van der Waals surface area contributed by atoms with Crippen LogP contribution >= 0.6 is 31.7 Å². The topological polar surface area (TPSA) is 91.0 Å². The number of hydrogen-bond acceptors (Lipinski definition) is 8. The number of carbonyl (C=O) groups is 1. The summed E-state index contributed by atoms with van der Waals surface area (Å²) in [7, 11) is -3.54. The summed E-state index contributed by atoms with van der Waals surface area (Å²) < 4.78 is 22.6. The maximum absolute atomic E-state index is 12.5. The zero-order chi connectivity index (χ0) is 13.5. The summed E-state index contributed by atoms with van der Waals surface area (Å²) in [5, 5.41) is 3.15. The first-order valence-corrected chi connectivity index (χ1v) is 8.65. The maximum Gasteiger partial charge on any atom is 0.363 e. The highest BCUT2D eigenvalue weighted by Gasteiger charge is 2.43. The van der Waals surface area contributed by atoms with E-state index in [1.807, 2.05) is 0 Å². The second-order valence-electron chi connectivity index (χ2n) is 3.39. The number of carbonyl (C=O) groups excluding carboxylic acids is 1. The monoisotopic (exact) mass is 300 g/mol. The van der Waals surface area contributed by atoms with Crippen LogP contribution < -0.4 is 5.84 Å². The Morgan fingerprint density at radius 3 is 2.12 bits per heavy atom. The van der Waals surface area contributed by atoms with E-state index in [2.05, 4.69) is 5.10 Å². The van der Waals surface area contributed by atoms with Crippen molar-refractivity contribution < 1.29 is 17.3 Å². The second kappa shape index (κ2) is 8.16. The summed E-state index contributed by atoms with van der Waals surface area (Å²) in [5.41, 5.74) is -0.908. The van der Waals surface area contributed by atoms with Crippen LogP contribution in [-0.2, 0) is 17.3 Å². The second-order valence-corrected chi connectivity index (χ2v) is 6.89. The normalized spacial score (nSPS) is 14.4. The van der Waals surface area contributed by atoms with Crippen molar-refractivity contribution in [2.75, 3.05) is 12.5 Å². The van der Waals surface area contributed by atoms with E-state index in [1.165, 1.54) is 0 Å². The van der Waals surface area contributed by atoms with Crippen LogP contribution in [0.3, 0.4) is 0 Å². The fraction of sp³-hybridized carbons (Fsp3) is 0.750. The fourth-order valence-corrected chi connectivity index (χ4v) is 5.15. The minimum Gasteiger partial charge on any atom is -0.323 e. The molecule has 0 spiro atoms. The molecule has 9 heteroatoms. The summed E-state index contributed by atoms with van der Waals surface area (Å²) in [6, 6.07) is 0. The Morgan fingerprint density at radius 1 is 1.35 bits per heavy atom. The molecule has 0 aliphatic heterocycles. The van der Waals surface area contributed by atoms with Gasteiger partial charge in [0.15, 0.2) is 5.78 Å². The van der Waals surface area contributed by atoms with Gasteiger partial charge in [-0.3, -0.25) is 9.36 Å². The Morgan fingerprint density at radius 2 is 1.82 bits per heavy atom. The summed E-state index contributed by atoms with van der Waals surface area (Å²) >= 11 is 1.80. The molecule has 2 N–H and O–H groups in total. The van der Waals surface area contributed by atoms with Crippen molar-refractivity contribution in [2.24, 2.45) is 16.9 Å². The van der Waals surface area contributed by atoms with E-state index in [9.17, 15) is 9.36 Å². The van der Waals surface area contributed by atoms with Gasteiger partial charge in [-0.1, -0.05) is 13.8 Å². The molecule has 0 amide bonds. The molecule has 17 heavy (non-hydrogen) atoms. The molecule has 0 aromatic heterocycles. The van der Waals surface area contributed by atoms with E-state index in [0.29, 0.717) is 0 Å². The van der Waals surface area contributed by atoms with Gasteiger partial charge in [0.1, 0.15) is 5.66 Å². The molecule has 0 bridgehead atoms. The van der Waals surface area contributed by atoms with Crippen LogP contribution in [0.4, 0.5) is 0 Å². The molecular weight excluding hydrogens is 283 g/mol. The van der Waals surface area contributed by atoms with Gasteiger partial charge in [-0.25, -0.2) is 7.94 Å². The Balaban J connectivity index is 5.23. The molecule has 0 radical (unpaired) electrons. The molecule has 0 heterocycles. The van der Waals surface area contributed by atoms with E-state index >= 15 is 0 Å². The summed E-state index contributed by atoms with van der Waals surface area (Å²) in [6.07, 6.45) is 4.15. The third-order valence-corrected chi connectivity index (χ3v) is 6.21. The van der Waals surface area contributed by atoms with Crippen LogP contribution in [0.25, 0.3) is 0 Å². The smallest absolute Gasteiger partial charge is 0.323 e. The van der Waals surface area contributed by atoms with Crippen LogP contribution in [0.5, 0.6) is 0 Å². The largest absolute Gasteiger partial charge is 0.363 e. The van der Waals surface area contributed by atoms with Crippen LogP contribution in [0.2, 0.25) is 0 Å². The number of Topliss-reactive ketones (excluding diaryl/α,β-unsaturated/α-hetero) is 1. The summed E-state index contributed by atoms with van der Waals surface area (Å²) in [6.45, 7) is 3.51. The average molecular weight is 300 g/mol. The van der Waals surface area contributed by atoms with Crippen molar-refractivity contribution in [3.05, 3.63) is 0 Å². The Hall–Kier alpha value is -0.0100. The zero-order valence-corrected chi connectivity index (χ0v) is 12.7.